The van der Waals surface area contributed by atoms with Crippen LogP contribution >= 0.6 is 11.6 Å². The zero-order valence-corrected chi connectivity index (χ0v) is 9.51. The van der Waals surface area contributed by atoms with Crippen LogP contribution in [0.25, 0.3) is 11.1 Å². The molecule has 0 bridgehead atoms. The third kappa shape index (κ3) is 1.15. The van der Waals surface area contributed by atoms with E-state index in [9.17, 15) is 4.79 Å². The summed E-state index contributed by atoms with van der Waals surface area (Å²) >= 11 is 5.98. The normalized spacial score (nSPS) is 12.5. The van der Waals surface area contributed by atoms with E-state index >= 15 is 0 Å². The molecule has 78 valence electrons. The number of ketones is 1. The highest BCUT2D eigenvalue weighted by molar-refractivity contribution is 6.32. The molecule has 0 heterocycles. The van der Waals surface area contributed by atoms with Crippen LogP contribution in [0.1, 0.15) is 21.5 Å². The Morgan fingerprint density at radius 2 is 1.69 bits per heavy atom. The van der Waals surface area contributed by atoms with E-state index in [-0.39, 0.29) is 5.78 Å². The standard InChI is InChI=1S/C14H9ClO/c1-8-6-9(15)7-12-13(8)10-4-2-3-5-11(10)14(12)16/h2-7H,1H3. The van der Waals surface area contributed by atoms with E-state index in [4.69, 9.17) is 11.6 Å². The minimum Gasteiger partial charge on any atom is -0.289 e. The predicted octanol–water partition coefficient (Wildman–Crippen LogP) is 3.86. The first-order chi connectivity index (χ1) is 7.68. The molecule has 16 heavy (non-hydrogen) atoms. The van der Waals surface area contributed by atoms with Crippen molar-refractivity contribution >= 4 is 17.4 Å². The third-order valence-electron chi connectivity index (χ3n) is 2.99. The highest BCUT2D eigenvalue weighted by Gasteiger charge is 2.27. The van der Waals surface area contributed by atoms with Crippen molar-refractivity contribution < 1.29 is 4.79 Å². The van der Waals surface area contributed by atoms with Gasteiger partial charge >= 0.3 is 0 Å². The van der Waals surface area contributed by atoms with Crippen molar-refractivity contribution in [1.29, 1.82) is 0 Å². The van der Waals surface area contributed by atoms with E-state index < -0.39 is 0 Å². The quantitative estimate of drug-likeness (QED) is 0.571. The third-order valence-corrected chi connectivity index (χ3v) is 3.20. The zero-order valence-electron chi connectivity index (χ0n) is 8.75. The van der Waals surface area contributed by atoms with E-state index in [1.54, 1.807) is 6.07 Å². The lowest BCUT2D eigenvalue weighted by atomic mass is 10.0. The molecule has 0 atom stereocenters. The van der Waals surface area contributed by atoms with Crippen LogP contribution in [-0.2, 0) is 0 Å². The molecule has 0 saturated carbocycles. The molecule has 0 saturated heterocycles. The molecule has 2 heteroatoms. The predicted molar refractivity (Wildman–Crippen MR) is 65.1 cm³/mol. The van der Waals surface area contributed by atoms with Gasteiger partial charge in [0.15, 0.2) is 5.78 Å². The van der Waals surface area contributed by atoms with Crippen LogP contribution in [0.3, 0.4) is 0 Å². The Kier molecular flexibility index (Phi) is 1.92. The van der Waals surface area contributed by atoms with Crippen LogP contribution in [0.15, 0.2) is 36.4 Å². The van der Waals surface area contributed by atoms with Gasteiger partial charge in [-0.2, -0.15) is 0 Å². The highest BCUT2D eigenvalue weighted by Crippen LogP contribution is 2.39. The number of hydrogen-bond acceptors (Lipinski definition) is 1. The number of benzene rings is 2. The van der Waals surface area contributed by atoms with Gasteiger partial charge < -0.3 is 0 Å². The van der Waals surface area contributed by atoms with Gasteiger partial charge in [0.05, 0.1) is 0 Å². The maximum atomic E-state index is 12.1. The van der Waals surface area contributed by atoms with Gasteiger partial charge in [-0.15, -0.1) is 0 Å². The van der Waals surface area contributed by atoms with Crippen molar-refractivity contribution in [3.8, 4) is 11.1 Å². The Labute approximate surface area is 98.7 Å². The lowest BCUT2D eigenvalue weighted by Crippen LogP contribution is -1.94. The summed E-state index contributed by atoms with van der Waals surface area (Å²) in [5, 5.41) is 0.623. The molecule has 0 aromatic heterocycles. The Balaban J connectivity index is 2.43. The number of aryl methyl sites for hydroxylation is 1. The Hall–Kier alpha value is -1.60. The van der Waals surface area contributed by atoms with E-state index in [2.05, 4.69) is 0 Å². The van der Waals surface area contributed by atoms with Crippen molar-refractivity contribution in [3.05, 3.63) is 58.1 Å². The molecule has 0 unspecified atom stereocenters. The Morgan fingerprint density at radius 1 is 1.00 bits per heavy atom. The van der Waals surface area contributed by atoms with Crippen LogP contribution < -0.4 is 0 Å². The first-order valence-corrected chi connectivity index (χ1v) is 5.50. The molecular formula is C14H9ClO. The summed E-state index contributed by atoms with van der Waals surface area (Å²) in [4.78, 5) is 12.1. The first kappa shape index (κ1) is 9.61. The van der Waals surface area contributed by atoms with Crippen molar-refractivity contribution in [1.82, 2.24) is 0 Å². The van der Waals surface area contributed by atoms with Crippen LogP contribution in [0.5, 0.6) is 0 Å². The molecule has 1 nitrogen and oxygen atoms in total. The summed E-state index contributed by atoms with van der Waals surface area (Å²) in [5.41, 5.74) is 4.62. The topological polar surface area (TPSA) is 17.1 Å². The van der Waals surface area contributed by atoms with Gasteiger partial charge in [0.25, 0.3) is 0 Å². The lowest BCUT2D eigenvalue weighted by Gasteiger charge is -2.04. The molecule has 0 aliphatic heterocycles. The number of halogens is 1. The number of rotatable bonds is 0. The van der Waals surface area contributed by atoms with Gasteiger partial charge in [0.1, 0.15) is 0 Å². The molecule has 0 spiro atoms. The molecule has 1 aliphatic carbocycles. The maximum Gasteiger partial charge on any atom is 0.194 e. The fourth-order valence-electron chi connectivity index (χ4n) is 2.32. The second-order valence-corrected chi connectivity index (χ2v) is 4.46. The Morgan fingerprint density at radius 3 is 2.44 bits per heavy atom. The van der Waals surface area contributed by atoms with Crippen molar-refractivity contribution in [3.63, 3.8) is 0 Å². The van der Waals surface area contributed by atoms with Gasteiger partial charge in [-0.05, 0) is 35.7 Å². The average molecular weight is 229 g/mol. The van der Waals surface area contributed by atoms with Gasteiger partial charge in [0.2, 0.25) is 0 Å². The molecule has 2 aromatic carbocycles. The van der Waals surface area contributed by atoms with Gasteiger partial charge in [-0.25, -0.2) is 0 Å². The highest BCUT2D eigenvalue weighted by atomic mass is 35.5. The summed E-state index contributed by atoms with van der Waals surface area (Å²) < 4.78 is 0. The molecule has 0 fully saturated rings. The SMILES string of the molecule is Cc1cc(Cl)cc2c1-c1ccccc1C2=O. The molecular weight excluding hydrogens is 220 g/mol. The van der Waals surface area contributed by atoms with Crippen LogP contribution in [0.2, 0.25) is 5.02 Å². The van der Waals surface area contributed by atoms with Gasteiger partial charge in [-0.1, -0.05) is 35.9 Å². The molecule has 0 amide bonds. The number of hydrogen-bond donors (Lipinski definition) is 0. The average Bonchev–Trinajstić information content (AvgIpc) is 2.54. The molecule has 3 rings (SSSR count). The van der Waals surface area contributed by atoms with Crippen LogP contribution in [-0.4, -0.2) is 5.78 Å². The minimum absolute atomic E-state index is 0.0798. The van der Waals surface area contributed by atoms with Crippen LogP contribution in [0.4, 0.5) is 0 Å². The maximum absolute atomic E-state index is 12.1. The molecule has 0 N–H and O–H groups in total. The van der Waals surface area contributed by atoms with Crippen LogP contribution in [0, 0.1) is 6.92 Å². The molecule has 0 radical (unpaired) electrons. The summed E-state index contributed by atoms with van der Waals surface area (Å²) in [5.74, 6) is 0.0798. The summed E-state index contributed by atoms with van der Waals surface area (Å²) in [6.45, 7) is 1.99. The summed E-state index contributed by atoms with van der Waals surface area (Å²) in [6.07, 6.45) is 0. The smallest absolute Gasteiger partial charge is 0.194 e. The van der Waals surface area contributed by atoms with Crippen molar-refractivity contribution in [2.24, 2.45) is 0 Å². The monoisotopic (exact) mass is 228 g/mol. The van der Waals surface area contributed by atoms with Gasteiger partial charge in [0, 0.05) is 16.1 Å². The first-order valence-electron chi connectivity index (χ1n) is 5.13. The summed E-state index contributed by atoms with van der Waals surface area (Å²) in [6, 6.07) is 11.3. The molecule has 1 aliphatic rings. The fourth-order valence-corrected chi connectivity index (χ4v) is 2.60. The minimum atomic E-state index is 0.0798. The zero-order chi connectivity index (χ0) is 11.3. The number of carbonyl (C=O) groups is 1. The van der Waals surface area contributed by atoms with E-state index in [1.165, 1.54) is 0 Å². The second-order valence-electron chi connectivity index (χ2n) is 4.02. The Bertz CT molecular complexity index is 614. The van der Waals surface area contributed by atoms with Crippen molar-refractivity contribution in [2.45, 2.75) is 6.92 Å². The second kappa shape index (κ2) is 3.19. The van der Waals surface area contributed by atoms with Gasteiger partial charge in [-0.3, -0.25) is 4.79 Å². The largest absolute Gasteiger partial charge is 0.289 e. The fraction of sp³-hybridized carbons (Fsp3) is 0.0714. The van der Waals surface area contributed by atoms with Crippen molar-refractivity contribution in [2.75, 3.05) is 0 Å². The lowest BCUT2D eigenvalue weighted by molar-refractivity contribution is 0.104. The molecule has 2 aromatic rings. The van der Waals surface area contributed by atoms with E-state index in [1.807, 2.05) is 37.3 Å². The summed E-state index contributed by atoms with van der Waals surface area (Å²) in [7, 11) is 0. The van der Waals surface area contributed by atoms with E-state index in [0.29, 0.717) is 5.02 Å². The number of fused-ring (bicyclic) bond motifs is 3. The van der Waals surface area contributed by atoms with E-state index in [0.717, 1.165) is 27.8 Å². The number of carbonyl (C=O) groups excluding carboxylic acids is 1.